The van der Waals surface area contributed by atoms with Gasteiger partial charge in [-0.1, -0.05) is 27.7 Å². The lowest BCUT2D eigenvalue weighted by molar-refractivity contribution is -0.135. The number of hydrogen-bond donors (Lipinski definition) is 2. The van der Waals surface area contributed by atoms with Crippen molar-refractivity contribution >= 4 is 11.7 Å². The minimum Gasteiger partial charge on any atom is -0.369 e. The first-order valence-electron chi connectivity index (χ1n) is 5.36. The maximum Gasteiger partial charge on any atom is 0.228 e. The molecule has 0 aliphatic heterocycles. The van der Waals surface area contributed by atoms with E-state index in [0.717, 1.165) is 0 Å². The fraction of sp³-hybridized carbons (Fsp3) is 0.818. The number of carbonyl (C=O) groups excluding carboxylic acids is 2. The molecule has 0 aromatic rings. The zero-order chi connectivity index (χ0) is 12.2. The fourth-order valence-electron chi connectivity index (χ4n) is 1.65. The zero-order valence-corrected chi connectivity index (χ0v) is 9.99. The van der Waals surface area contributed by atoms with Gasteiger partial charge in [0.05, 0.1) is 6.04 Å². The summed E-state index contributed by atoms with van der Waals surface area (Å²) >= 11 is 0. The molecule has 0 saturated carbocycles. The molecule has 0 saturated heterocycles. The van der Waals surface area contributed by atoms with Crippen LogP contribution in [0.5, 0.6) is 0 Å². The van der Waals surface area contributed by atoms with Crippen molar-refractivity contribution in [3.63, 3.8) is 0 Å². The Morgan fingerprint density at radius 3 is 1.87 bits per heavy atom. The highest BCUT2D eigenvalue weighted by Crippen LogP contribution is 2.15. The lowest BCUT2D eigenvalue weighted by Crippen LogP contribution is -2.44. The Kier molecular flexibility index (Phi) is 5.50. The minimum atomic E-state index is -0.751. The second kappa shape index (κ2) is 5.85. The summed E-state index contributed by atoms with van der Waals surface area (Å²) in [6, 6.07) is -0.579. The molecule has 88 valence electrons. The van der Waals surface area contributed by atoms with Crippen LogP contribution in [0.15, 0.2) is 0 Å². The molecule has 0 aromatic carbocycles. The van der Waals surface area contributed by atoms with Gasteiger partial charge in [-0.05, 0) is 18.3 Å². The van der Waals surface area contributed by atoms with Gasteiger partial charge < -0.3 is 11.5 Å². The summed E-state index contributed by atoms with van der Waals surface area (Å²) < 4.78 is 0. The van der Waals surface area contributed by atoms with E-state index in [0.29, 0.717) is 12.3 Å². The lowest BCUT2D eigenvalue weighted by Gasteiger charge is -2.21. The molecule has 4 nitrogen and oxygen atoms in total. The Balaban J connectivity index is 4.57. The van der Waals surface area contributed by atoms with E-state index in [1.165, 1.54) is 0 Å². The molecule has 1 amide bonds. The van der Waals surface area contributed by atoms with Gasteiger partial charge >= 0.3 is 0 Å². The third kappa shape index (κ3) is 4.42. The van der Waals surface area contributed by atoms with Gasteiger partial charge in [-0.3, -0.25) is 9.59 Å². The summed E-state index contributed by atoms with van der Waals surface area (Å²) in [5, 5.41) is 0. The second-order valence-corrected chi connectivity index (χ2v) is 4.76. The molecule has 0 aromatic heterocycles. The lowest BCUT2D eigenvalue weighted by atomic mass is 9.85. The average Bonchev–Trinajstić information content (AvgIpc) is 2.00. The zero-order valence-electron chi connectivity index (χ0n) is 9.99. The molecule has 15 heavy (non-hydrogen) atoms. The Bertz CT molecular complexity index is 237. The molecular weight excluding hydrogens is 192 g/mol. The molecular formula is C11H22N2O2. The van der Waals surface area contributed by atoms with Gasteiger partial charge in [-0.25, -0.2) is 0 Å². The smallest absolute Gasteiger partial charge is 0.228 e. The largest absolute Gasteiger partial charge is 0.369 e. The normalized spacial score (nSPS) is 15.4. The minimum absolute atomic E-state index is 0.0896. The van der Waals surface area contributed by atoms with Crippen molar-refractivity contribution in [2.45, 2.75) is 40.2 Å². The van der Waals surface area contributed by atoms with E-state index in [-0.39, 0.29) is 11.7 Å². The highest BCUT2D eigenvalue weighted by Gasteiger charge is 2.31. The van der Waals surface area contributed by atoms with E-state index in [4.69, 9.17) is 11.5 Å². The predicted octanol–water partition coefficient (Wildman–Crippen LogP) is 0.686. The molecule has 4 N–H and O–H groups in total. The number of Topliss-reactive ketones (excluding diaryl/α,β-unsaturated/α-hetero) is 1. The first kappa shape index (κ1) is 14.1. The molecule has 0 radical (unpaired) electrons. The molecule has 0 rings (SSSR count). The van der Waals surface area contributed by atoms with Crippen LogP contribution in [0.4, 0.5) is 0 Å². The van der Waals surface area contributed by atoms with Gasteiger partial charge in [0.25, 0.3) is 0 Å². The molecule has 0 aliphatic carbocycles. The first-order chi connectivity index (χ1) is 6.77. The summed E-state index contributed by atoms with van der Waals surface area (Å²) in [5.41, 5.74) is 10.9. The summed E-state index contributed by atoms with van der Waals surface area (Å²) in [6.45, 7) is 7.58. The van der Waals surface area contributed by atoms with Crippen molar-refractivity contribution in [3.8, 4) is 0 Å². The van der Waals surface area contributed by atoms with Crippen molar-refractivity contribution in [2.75, 3.05) is 0 Å². The molecule has 0 spiro atoms. The Labute approximate surface area is 91.4 Å². The monoisotopic (exact) mass is 214 g/mol. The molecule has 0 fully saturated rings. The van der Waals surface area contributed by atoms with Crippen LogP contribution in [0.1, 0.15) is 34.1 Å². The second-order valence-electron chi connectivity index (χ2n) is 4.76. The van der Waals surface area contributed by atoms with E-state index in [1.807, 2.05) is 13.8 Å². The highest BCUT2D eigenvalue weighted by molar-refractivity contribution is 6.03. The van der Waals surface area contributed by atoms with Crippen molar-refractivity contribution < 1.29 is 9.59 Å². The van der Waals surface area contributed by atoms with E-state index in [1.54, 1.807) is 13.8 Å². The van der Waals surface area contributed by atoms with E-state index in [2.05, 4.69) is 0 Å². The number of rotatable bonds is 6. The molecule has 0 aliphatic rings. The van der Waals surface area contributed by atoms with Crippen molar-refractivity contribution in [1.29, 1.82) is 0 Å². The van der Waals surface area contributed by atoms with Gasteiger partial charge in [-0.15, -0.1) is 0 Å². The maximum atomic E-state index is 11.8. The first-order valence-corrected chi connectivity index (χ1v) is 5.36. The number of primary amides is 1. The highest BCUT2D eigenvalue weighted by atomic mass is 16.2. The summed E-state index contributed by atoms with van der Waals surface area (Å²) in [4.78, 5) is 23.0. The summed E-state index contributed by atoms with van der Waals surface area (Å²) in [5.74, 6) is -1.31. The Morgan fingerprint density at radius 1 is 1.13 bits per heavy atom. The third-order valence-electron chi connectivity index (χ3n) is 2.37. The predicted molar refractivity (Wildman–Crippen MR) is 60.0 cm³/mol. The standard InChI is InChI=1S/C11H22N2O2/c1-6(2)5-8(12)10(14)9(7(3)4)11(13)15/h6-9H,5,12H2,1-4H3,(H2,13,15)/t8-,9?/m0/s1. The Morgan fingerprint density at radius 2 is 1.60 bits per heavy atom. The van der Waals surface area contributed by atoms with Crippen molar-refractivity contribution in [3.05, 3.63) is 0 Å². The van der Waals surface area contributed by atoms with E-state index < -0.39 is 17.9 Å². The Hall–Kier alpha value is -0.900. The molecule has 4 heteroatoms. The van der Waals surface area contributed by atoms with Crippen LogP contribution in [0.3, 0.4) is 0 Å². The van der Waals surface area contributed by atoms with Crippen molar-refractivity contribution in [1.82, 2.24) is 0 Å². The van der Waals surface area contributed by atoms with Crippen LogP contribution in [-0.4, -0.2) is 17.7 Å². The van der Waals surface area contributed by atoms with Gasteiger partial charge in [0.15, 0.2) is 5.78 Å². The molecule has 1 unspecified atom stereocenters. The van der Waals surface area contributed by atoms with Gasteiger partial charge in [0.2, 0.25) is 5.91 Å². The van der Waals surface area contributed by atoms with Gasteiger partial charge in [-0.2, -0.15) is 0 Å². The van der Waals surface area contributed by atoms with Crippen LogP contribution < -0.4 is 11.5 Å². The van der Waals surface area contributed by atoms with Crippen molar-refractivity contribution in [2.24, 2.45) is 29.2 Å². The van der Waals surface area contributed by atoms with Crippen LogP contribution in [0, 0.1) is 17.8 Å². The summed E-state index contributed by atoms with van der Waals surface area (Å²) in [7, 11) is 0. The molecule has 0 heterocycles. The molecule has 0 bridgehead atoms. The maximum absolute atomic E-state index is 11.8. The SMILES string of the molecule is CC(C)C[C@H](N)C(=O)C(C(N)=O)C(C)C. The average molecular weight is 214 g/mol. The topological polar surface area (TPSA) is 86.2 Å². The number of ketones is 1. The number of carbonyl (C=O) groups is 2. The molecule has 2 atom stereocenters. The van der Waals surface area contributed by atoms with E-state index in [9.17, 15) is 9.59 Å². The number of nitrogens with two attached hydrogens (primary N) is 2. The van der Waals surface area contributed by atoms with Crippen LogP contribution in [0.2, 0.25) is 0 Å². The number of amides is 1. The third-order valence-corrected chi connectivity index (χ3v) is 2.37. The van der Waals surface area contributed by atoms with Crippen LogP contribution >= 0.6 is 0 Å². The fourth-order valence-corrected chi connectivity index (χ4v) is 1.65. The van der Waals surface area contributed by atoms with Crippen LogP contribution in [0.25, 0.3) is 0 Å². The number of hydrogen-bond acceptors (Lipinski definition) is 3. The van der Waals surface area contributed by atoms with Gasteiger partial charge in [0, 0.05) is 0 Å². The summed E-state index contributed by atoms with van der Waals surface area (Å²) in [6.07, 6.45) is 0.593. The van der Waals surface area contributed by atoms with E-state index >= 15 is 0 Å². The van der Waals surface area contributed by atoms with Gasteiger partial charge in [0.1, 0.15) is 5.92 Å². The van der Waals surface area contributed by atoms with Crippen LogP contribution in [-0.2, 0) is 9.59 Å². The quantitative estimate of drug-likeness (QED) is 0.638.